The molecule has 0 fully saturated rings. The summed E-state index contributed by atoms with van der Waals surface area (Å²) < 4.78 is 31.7. The summed E-state index contributed by atoms with van der Waals surface area (Å²) in [6.45, 7) is 2.23. The van der Waals surface area contributed by atoms with Crippen molar-refractivity contribution >= 4 is 5.78 Å². The van der Waals surface area contributed by atoms with Crippen LogP contribution in [0.4, 0.5) is 8.78 Å². The van der Waals surface area contributed by atoms with Crippen LogP contribution in [-0.2, 0) is 5.92 Å². The number of halogens is 2. The number of carbonyl (C=O) groups is 1. The second kappa shape index (κ2) is 4.37. The third-order valence-corrected chi connectivity index (χ3v) is 2.61. The van der Waals surface area contributed by atoms with E-state index in [1.54, 1.807) is 12.1 Å². The van der Waals surface area contributed by atoms with Crippen molar-refractivity contribution in [2.45, 2.75) is 19.8 Å². The van der Waals surface area contributed by atoms with Crippen LogP contribution >= 0.6 is 0 Å². The van der Waals surface area contributed by atoms with Gasteiger partial charge in [0.1, 0.15) is 5.76 Å². The van der Waals surface area contributed by atoms with E-state index in [0.717, 1.165) is 6.92 Å². The predicted octanol–water partition coefficient (Wildman–Crippen LogP) is 4.26. The molecule has 0 bridgehead atoms. The highest BCUT2D eigenvalue weighted by Gasteiger charge is 2.24. The zero-order chi connectivity index (χ0) is 13.3. The maximum Gasteiger partial charge on any atom is 0.270 e. The van der Waals surface area contributed by atoms with Crippen LogP contribution in [0.1, 0.15) is 30.0 Å². The first-order valence-electron chi connectivity index (χ1n) is 5.47. The van der Waals surface area contributed by atoms with Crippen LogP contribution in [0.2, 0.25) is 0 Å². The molecule has 2 rings (SSSR count). The minimum Gasteiger partial charge on any atom is -0.453 e. The minimum absolute atomic E-state index is 0.0826. The molecule has 94 valence electrons. The fraction of sp³-hybridized carbons (Fsp3) is 0.214. The second-order valence-electron chi connectivity index (χ2n) is 4.19. The molecule has 0 radical (unpaired) electrons. The molecule has 0 amide bonds. The Morgan fingerprint density at radius 1 is 1.22 bits per heavy atom. The van der Waals surface area contributed by atoms with Gasteiger partial charge in [-0.2, -0.15) is 0 Å². The molecular formula is C14H12F2O2. The maximum atomic E-state index is 13.2. The van der Waals surface area contributed by atoms with Gasteiger partial charge in [0.2, 0.25) is 0 Å². The number of alkyl halides is 2. The summed E-state index contributed by atoms with van der Waals surface area (Å²) in [5, 5.41) is 0. The molecule has 0 saturated carbocycles. The fourth-order valence-electron chi connectivity index (χ4n) is 1.63. The lowest BCUT2D eigenvalue weighted by Crippen LogP contribution is -2.06. The zero-order valence-electron chi connectivity index (χ0n) is 10.0. The van der Waals surface area contributed by atoms with Gasteiger partial charge in [-0.15, -0.1) is 0 Å². The summed E-state index contributed by atoms with van der Waals surface area (Å²) in [5.74, 6) is -2.46. The van der Waals surface area contributed by atoms with Crippen molar-refractivity contribution in [2.24, 2.45) is 0 Å². The molecule has 0 saturated heterocycles. The molecule has 18 heavy (non-hydrogen) atoms. The van der Waals surface area contributed by atoms with E-state index in [1.165, 1.54) is 31.2 Å². The minimum atomic E-state index is -2.90. The van der Waals surface area contributed by atoms with Crippen LogP contribution < -0.4 is 0 Å². The van der Waals surface area contributed by atoms with Crippen LogP contribution in [0.15, 0.2) is 40.8 Å². The van der Waals surface area contributed by atoms with Gasteiger partial charge >= 0.3 is 0 Å². The molecule has 0 atom stereocenters. The summed E-state index contributed by atoms with van der Waals surface area (Å²) in [7, 11) is 0. The third-order valence-electron chi connectivity index (χ3n) is 2.61. The highest BCUT2D eigenvalue weighted by molar-refractivity contribution is 5.91. The van der Waals surface area contributed by atoms with Crippen LogP contribution in [0.3, 0.4) is 0 Å². The smallest absolute Gasteiger partial charge is 0.270 e. The van der Waals surface area contributed by atoms with E-state index in [-0.39, 0.29) is 17.1 Å². The Kier molecular flexibility index (Phi) is 3.03. The van der Waals surface area contributed by atoms with Crippen LogP contribution in [0.5, 0.6) is 0 Å². The van der Waals surface area contributed by atoms with Gasteiger partial charge in [-0.3, -0.25) is 4.79 Å². The van der Waals surface area contributed by atoms with Gasteiger partial charge in [0, 0.05) is 25.0 Å². The monoisotopic (exact) mass is 250 g/mol. The summed E-state index contributed by atoms with van der Waals surface area (Å²) in [4.78, 5) is 11.1. The van der Waals surface area contributed by atoms with Crippen LogP contribution in [0.25, 0.3) is 11.3 Å². The summed E-state index contributed by atoms with van der Waals surface area (Å²) in [6.07, 6.45) is 0. The van der Waals surface area contributed by atoms with E-state index in [4.69, 9.17) is 4.42 Å². The zero-order valence-corrected chi connectivity index (χ0v) is 10.0. The molecule has 2 aromatic rings. The number of Topliss-reactive ketones (excluding diaryl/α,β-unsaturated/α-hetero) is 1. The SMILES string of the molecule is CC(=O)c1ccc(-c2cccc(C(C)(F)F)c2)o1. The largest absolute Gasteiger partial charge is 0.453 e. The van der Waals surface area contributed by atoms with Gasteiger partial charge in [0.25, 0.3) is 5.92 Å². The van der Waals surface area contributed by atoms with Crippen LogP contribution in [-0.4, -0.2) is 5.78 Å². The van der Waals surface area contributed by atoms with Gasteiger partial charge in [-0.25, -0.2) is 8.78 Å². The second-order valence-corrected chi connectivity index (χ2v) is 4.19. The van der Waals surface area contributed by atoms with Crippen LogP contribution in [0, 0.1) is 0 Å². The molecule has 1 heterocycles. The number of rotatable bonds is 3. The van der Waals surface area contributed by atoms with Crippen molar-refractivity contribution in [2.75, 3.05) is 0 Å². The Labute approximate surface area is 103 Å². The molecule has 0 N–H and O–H groups in total. The average molecular weight is 250 g/mol. The maximum absolute atomic E-state index is 13.2. The number of hydrogen-bond donors (Lipinski definition) is 0. The predicted molar refractivity (Wildman–Crippen MR) is 63.7 cm³/mol. The Balaban J connectivity index is 2.41. The number of furan rings is 1. The summed E-state index contributed by atoms with van der Waals surface area (Å²) in [5.41, 5.74) is 0.447. The number of hydrogen-bond acceptors (Lipinski definition) is 2. The van der Waals surface area contributed by atoms with Crippen molar-refractivity contribution in [3.05, 3.63) is 47.7 Å². The lowest BCUT2D eigenvalue weighted by Gasteiger charge is -2.11. The summed E-state index contributed by atoms with van der Waals surface area (Å²) >= 11 is 0. The fourth-order valence-corrected chi connectivity index (χ4v) is 1.63. The van der Waals surface area contributed by atoms with Gasteiger partial charge in [-0.1, -0.05) is 18.2 Å². The third kappa shape index (κ3) is 2.47. The molecule has 0 aliphatic heterocycles. The van der Waals surface area contributed by atoms with Gasteiger partial charge in [0.15, 0.2) is 11.5 Å². The highest BCUT2D eigenvalue weighted by atomic mass is 19.3. The molecule has 0 aliphatic carbocycles. The van der Waals surface area contributed by atoms with E-state index in [1.807, 2.05) is 0 Å². The molecule has 2 nitrogen and oxygen atoms in total. The van der Waals surface area contributed by atoms with Gasteiger partial charge in [0.05, 0.1) is 0 Å². The van der Waals surface area contributed by atoms with Crippen molar-refractivity contribution in [1.82, 2.24) is 0 Å². The first-order chi connectivity index (χ1) is 8.38. The molecular weight excluding hydrogens is 238 g/mol. The van der Waals surface area contributed by atoms with E-state index >= 15 is 0 Å². The van der Waals surface area contributed by atoms with Crippen molar-refractivity contribution in [3.63, 3.8) is 0 Å². The summed E-state index contributed by atoms with van der Waals surface area (Å²) in [6, 6.07) is 9.06. The molecule has 1 aromatic carbocycles. The van der Waals surface area contributed by atoms with Crippen molar-refractivity contribution < 1.29 is 18.0 Å². The van der Waals surface area contributed by atoms with E-state index in [2.05, 4.69) is 0 Å². The Morgan fingerprint density at radius 2 is 1.94 bits per heavy atom. The first kappa shape index (κ1) is 12.5. The Morgan fingerprint density at radius 3 is 2.50 bits per heavy atom. The molecule has 4 heteroatoms. The first-order valence-corrected chi connectivity index (χ1v) is 5.47. The highest BCUT2D eigenvalue weighted by Crippen LogP contribution is 2.31. The molecule has 0 unspecified atom stereocenters. The lowest BCUT2D eigenvalue weighted by atomic mass is 10.1. The van der Waals surface area contributed by atoms with Crippen molar-refractivity contribution in [1.29, 1.82) is 0 Å². The van der Waals surface area contributed by atoms with Gasteiger partial charge < -0.3 is 4.42 Å². The lowest BCUT2D eigenvalue weighted by molar-refractivity contribution is 0.0175. The van der Waals surface area contributed by atoms with E-state index in [9.17, 15) is 13.6 Å². The normalized spacial score (nSPS) is 11.6. The number of carbonyl (C=O) groups excluding carboxylic acids is 1. The van der Waals surface area contributed by atoms with E-state index in [0.29, 0.717) is 11.3 Å². The Hall–Kier alpha value is -1.97. The number of benzene rings is 1. The van der Waals surface area contributed by atoms with E-state index < -0.39 is 5.92 Å². The topological polar surface area (TPSA) is 30.2 Å². The van der Waals surface area contributed by atoms with Crippen molar-refractivity contribution in [3.8, 4) is 11.3 Å². The Bertz CT molecular complexity index is 579. The molecule has 0 spiro atoms. The standard InChI is InChI=1S/C14H12F2O2/c1-9(17)12-6-7-13(18-12)10-4-3-5-11(8-10)14(2,15)16/h3-8H,1-2H3. The van der Waals surface area contributed by atoms with Gasteiger partial charge in [-0.05, 0) is 18.2 Å². The number of ketones is 1. The molecule has 1 aromatic heterocycles. The quantitative estimate of drug-likeness (QED) is 0.762. The average Bonchev–Trinajstić information content (AvgIpc) is 2.77. The molecule has 0 aliphatic rings.